The summed E-state index contributed by atoms with van der Waals surface area (Å²) in [6.07, 6.45) is 0.983. The van der Waals surface area contributed by atoms with Gasteiger partial charge in [0.05, 0.1) is 4.47 Å². The van der Waals surface area contributed by atoms with E-state index in [0.29, 0.717) is 10.4 Å². The van der Waals surface area contributed by atoms with Gasteiger partial charge < -0.3 is 5.32 Å². The van der Waals surface area contributed by atoms with Crippen LogP contribution in [0.4, 0.5) is 8.78 Å². The third-order valence-electron chi connectivity index (χ3n) is 2.59. The smallest absolute Gasteiger partial charge is 0.144 e. The first kappa shape index (κ1) is 14.6. The lowest BCUT2D eigenvalue weighted by Gasteiger charge is -2.16. The van der Waals surface area contributed by atoms with E-state index in [1.807, 2.05) is 6.92 Å². The van der Waals surface area contributed by atoms with Crippen molar-refractivity contribution in [1.29, 1.82) is 0 Å². The van der Waals surface area contributed by atoms with Gasteiger partial charge in [-0.05, 0) is 47.3 Å². The summed E-state index contributed by atoms with van der Waals surface area (Å²) >= 11 is 3.06. The zero-order valence-corrected chi connectivity index (χ0v) is 11.9. The number of benzene rings is 1. The molecule has 0 bridgehead atoms. The predicted octanol–water partition coefficient (Wildman–Crippen LogP) is 4.25. The van der Waals surface area contributed by atoms with Crippen LogP contribution in [0.1, 0.15) is 32.8 Å². The summed E-state index contributed by atoms with van der Waals surface area (Å²) in [5, 5.41) is 3.14. The van der Waals surface area contributed by atoms with E-state index in [-0.39, 0.29) is 18.2 Å². The molecule has 1 aromatic carbocycles. The maximum absolute atomic E-state index is 13.6. The Morgan fingerprint density at radius 2 is 1.88 bits per heavy atom. The van der Waals surface area contributed by atoms with E-state index in [1.165, 1.54) is 12.1 Å². The molecule has 0 saturated heterocycles. The van der Waals surface area contributed by atoms with Crippen LogP contribution in [-0.2, 0) is 6.54 Å². The Morgan fingerprint density at radius 1 is 1.24 bits per heavy atom. The van der Waals surface area contributed by atoms with Crippen LogP contribution in [0.5, 0.6) is 0 Å². The van der Waals surface area contributed by atoms with Gasteiger partial charge in [0.1, 0.15) is 11.6 Å². The largest absolute Gasteiger partial charge is 0.310 e. The first-order valence-electron chi connectivity index (χ1n) is 5.77. The van der Waals surface area contributed by atoms with Gasteiger partial charge in [0, 0.05) is 18.2 Å². The molecule has 0 aliphatic carbocycles. The average molecular weight is 306 g/mol. The van der Waals surface area contributed by atoms with Gasteiger partial charge in [0.15, 0.2) is 0 Å². The van der Waals surface area contributed by atoms with E-state index < -0.39 is 11.6 Å². The second kappa shape index (κ2) is 6.45. The van der Waals surface area contributed by atoms with Gasteiger partial charge in [0.2, 0.25) is 0 Å². The number of halogens is 3. The molecular formula is C13H18BrF2N. The molecule has 0 radical (unpaired) electrons. The predicted molar refractivity (Wildman–Crippen MR) is 69.8 cm³/mol. The lowest BCUT2D eigenvalue weighted by atomic mass is 10.0. The number of nitrogens with one attached hydrogen (secondary N) is 1. The third kappa shape index (κ3) is 4.36. The highest BCUT2D eigenvalue weighted by Crippen LogP contribution is 2.21. The molecule has 1 nitrogen and oxygen atoms in total. The molecule has 1 N–H and O–H groups in total. The van der Waals surface area contributed by atoms with Crippen LogP contribution in [-0.4, -0.2) is 6.04 Å². The molecule has 1 aromatic rings. The van der Waals surface area contributed by atoms with E-state index in [0.717, 1.165) is 6.42 Å². The van der Waals surface area contributed by atoms with Gasteiger partial charge in [-0.1, -0.05) is 13.8 Å². The summed E-state index contributed by atoms with van der Waals surface area (Å²) < 4.78 is 27.4. The minimum atomic E-state index is -0.519. The Bertz CT molecular complexity index is 380. The lowest BCUT2D eigenvalue weighted by molar-refractivity contribution is 0.430. The maximum Gasteiger partial charge on any atom is 0.144 e. The van der Waals surface area contributed by atoms with Crippen LogP contribution in [0.2, 0.25) is 0 Å². The Labute approximate surface area is 110 Å². The van der Waals surface area contributed by atoms with Crippen molar-refractivity contribution in [2.75, 3.05) is 0 Å². The van der Waals surface area contributed by atoms with Crippen molar-refractivity contribution >= 4 is 15.9 Å². The van der Waals surface area contributed by atoms with Crippen molar-refractivity contribution in [3.05, 3.63) is 33.8 Å². The number of hydrogen-bond acceptors (Lipinski definition) is 1. The first-order chi connectivity index (χ1) is 7.91. The van der Waals surface area contributed by atoms with Gasteiger partial charge in [-0.2, -0.15) is 0 Å². The molecule has 4 heteroatoms. The van der Waals surface area contributed by atoms with Crippen LogP contribution in [0, 0.1) is 17.6 Å². The Kier molecular flexibility index (Phi) is 5.53. The highest BCUT2D eigenvalue weighted by Gasteiger charge is 2.13. The van der Waals surface area contributed by atoms with Gasteiger partial charge in [-0.25, -0.2) is 8.78 Å². The molecule has 1 atom stereocenters. The number of rotatable bonds is 5. The fourth-order valence-electron chi connectivity index (χ4n) is 1.80. The van der Waals surface area contributed by atoms with Crippen LogP contribution in [0.25, 0.3) is 0 Å². The summed E-state index contributed by atoms with van der Waals surface area (Å²) in [6, 6.07) is 2.90. The van der Waals surface area contributed by atoms with Crippen molar-refractivity contribution in [2.45, 2.75) is 39.8 Å². The SMILES string of the molecule is CC(C)CC(C)NCc1c(F)ccc(Br)c1F. The van der Waals surface area contributed by atoms with Crippen molar-refractivity contribution in [1.82, 2.24) is 5.32 Å². The molecular weight excluding hydrogens is 288 g/mol. The molecule has 0 aliphatic rings. The average Bonchev–Trinajstić information content (AvgIpc) is 2.23. The van der Waals surface area contributed by atoms with E-state index in [1.54, 1.807) is 0 Å². The highest BCUT2D eigenvalue weighted by atomic mass is 79.9. The van der Waals surface area contributed by atoms with Crippen molar-refractivity contribution < 1.29 is 8.78 Å². The molecule has 0 heterocycles. The second-order valence-electron chi connectivity index (χ2n) is 4.73. The Morgan fingerprint density at radius 3 is 2.47 bits per heavy atom. The zero-order chi connectivity index (χ0) is 13.0. The zero-order valence-electron chi connectivity index (χ0n) is 10.4. The molecule has 0 fully saturated rings. The normalized spacial score (nSPS) is 13.1. The Hall–Kier alpha value is -0.480. The molecule has 0 aliphatic heterocycles. The Balaban J connectivity index is 2.66. The maximum atomic E-state index is 13.6. The van der Waals surface area contributed by atoms with E-state index >= 15 is 0 Å². The van der Waals surface area contributed by atoms with Gasteiger partial charge >= 0.3 is 0 Å². The van der Waals surface area contributed by atoms with E-state index in [9.17, 15) is 8.78 Å². The molecule has 96 valence electrons. The summed E-state index contributed by atoms with van der Waals surface area (Å²) in [6.45, 7) is 6.48. The minimum Gasteiger partial charge on any atom is -0.310 e. The van der Waals surface area contributed by atoms with Crippen molar-refractivity contribution in [3.8, 4) is 0 Å². The van der Waals surface area contributed by atoms with Gasteiger partial charge in [-0.3, -0.25) is 0 Å². The summed E-state index contributed by atoms with van der Waals surface area (Å²) in [5.74, 6) is -0.459. The minimum absolute atomic E-state index is 0.0926. The number of hydrogen-bond donors (Lipinski definition) is 1. The third-order valence-corrected chi connectivity index (χ3v) is 3.20. The molecule has 0 amide bonds. The summed E-state index contributed by atoms with van der Waals surface area (Å²) in [4.78, 5) is 0. The standard InChI is InChI=1S/C13H18BrF2N/c1-8(2)6-9(3)17-7-10-12(15)5-4-11(14)13(10)16/h4-5,8-9,17H,6-7H2,1-3H3. The van der Waals surface area contributed by atoms with Crippen molar-refractivity contribution in [3.63, 3.8) is 0 Å². The van der Waals surface area contributed by atoms with E-state index in [4.69, 9.17) is 0 Å². The molecule has 1 rings (SSSR count). The van der Waals surface area contributed by atoms with Gasteiger partial charge in [0.25, 0.3) is 0 Å². The topological polar surface area (TPSA) is 12.0 Å². The van der Waals surface area contributed by atoms with Crippen LogP contribution in [0.3, 0.4) is 0 Å². The van der Waals surface area contributed by atoms with E-state index in [2.05, 4.69) is 35.1 Å². The van der Waals surface area contributed by atoms with Crippen LogP contribution >= 0.6 is 15.9 Å². The van der Waals surface area contributed by atoms with Gasteiger partial charge in [-0.15, -0.1) is 0 Å². The monoisotopic (exact) mass is 305 g/mol. The van der Waals surface area contributed by atoms with Crippen LogP contribution < -0.4 is 5.32 Å². The first-order valence-corrected chi connectivity index (χ1v) is 6.56. The molecule has 17 heavy (non-hydrogen) atoms. The fraction of sp³-hybridized carbons (Fsp3) is 0.538. The molecule has 0 saturated carbocycles. The molecule has 0 spiro atoms. The summed E-state index contributed by atoms with van der Waals surface area (Å²) in [7, 11) is 0. The lowest BCUT2D eigenvalue weighted by Crippen LogP contribution is -2.27. The molecule has 0 aromatic heterocycles. The van der Waals surface area contributed by atoms with Crippen LogP contribution in [0.15, 0.2) is 16.6 Å². The van der Waals surface area contributed by atoms with Crippen molar-refractivity contribution in [2.24, 2.45) is 5.92 Å². The second-order valence-corrected chi connectivity index (χ2v) is 5.59. The summed E-state index contributed by atoms with van der Waals surface area (Å²) in [5.41, 5.74) is 0.0926. The molecule has 1 unspecified atom stereocenters. The fourth-order valence-corrected chi connectivity index (χ4v) is 2.17. The highest BCUT2D eigenvalue weighted by molar-refractivity contribution is 9.10. The quantitative estimate of drug-likeness (QED) is 0.802.